The van der Waals surface area contributed by atoms with E-state index in [0.717, 1.165) is 17.2 Å². The van der Waals surface area contributed by atoms with Crippen LogP contribution in [-0.4, -0.2) is 16.1 Å². The first-order valence-corrected chi connectivity index (χ1v) is 10.5. The van der Waals surface area contributed by atoms with E-state index in [9.17, 15) is 18.0 Å². The van der Waals surface area contributed by atoms with Gasteiger partial charge in [0.15, 0.2) is 0 Å². The second-order valence-electron chi connectivity index (χ2n) is 7.78. The normalized spacial score (nSPS) is 11.4. The van der Waals surface area contributed by atoms with Gasteiger partial charge in [-0.1, -0.05) is 36.4 Å². The summed E-state index contributed by atoms with van der Waals surface area (Å²) in [4.78, 5) is 15.6. The topological polar surface area (TPSA) is 77.2 Å². The number of benzene rings is 3. The summed E-state index contributed by atoms with van der Waals surface area (Å²) in [6.07, 6.45) is 2.32. The number of amides is 2. The highest BCUT2D eigenvalue weighted by Crippen LogP contribution is 2.33. The molecule has 0 aliphatic carbocycles. The van der Waals surface area contributed by atoms with Gasteiger partial charge in [0.25, 0.3) is 5.92 Å². The quantitative estimate of drug-likeness (QED) is 0.227. The van der Waals surface area contributed by atoms with Crippen LogP contribution in [-0.2, 0) is 12.5 Å². The summed E-state index contributed by atoms with van der Waals surface area (Å²) in [6, 6.07) is 14.8. The summed E-state index contributed by atoms with van der Waals surface area (Å²) in [7, 11) is 0. The Kier molecular flexibility index (Phi) is 6.43. The molecule has 1 heterocycles. The average Bonchev–Trinajstić information content (AvgIpc) is 3.21. The minimum absolute atomic E-state index is 0.161. The molecular weight excluding hydrogens is 443 g/mol. The second kappa shape index (κ2) is 9.44. The lowest BCUT2D eigenvalue weighted by Gasteiger charge is -2.15. The van der Waals surface area contributed by atoms with Gasteiger partial charge in [0.05, 0.1) is 12.3 Å². The molecule has 0 atom stereocenters. The molecule has 34 heavy (non-hydrogen) atoms. The van der Waals surface area contributed by atoms with Crippen molar-refractivity contribution in [2.24, 2.45) is 0 Å². The molecule has 1 aromatic heterocycles. The van der Waals surface area contributed by atoms with E-state index in [4.69, 9.17) is 5.11 Å². The van der Waals surface area contributed by atoms with E-state index in [1.165, 1.54) is 36.4 Å². The van der Waals surface area contributed by atoms with Gasteiger partial charge in [0.2, 0.25) is 0 Å². The number of hydrogen-bond donors (Lipinski definition) is 4. The Morgan fingerprint density at radius 2 is 1.74 bits per heavy atom. The zero-order valence-corrected chi connectivity index (χ0v) is 18.0. The average molecular weight is 465 g/mol. The van der Waals surface area contributed by atoms with Crippen LogP contribution in [0.15, 0.2) is 79.5 Å². The number of aromatic nitrogens is 1. The Balaban J connectivity index is 1.51. The highest BCUT2D eigenvalue weighted by Gasteiger charge is 2.29. The predicted molar refractivity (Wildman–Crippen MR) is 127 cm³/mol. The number of urea groups is 1. The summed E-state index contributed by atoms with van der Waals surface area (Å²) in [5, 5.41) is 15.2. The lowest BCUT2D eigenvalue weighted by atomic mass is 10.0. The molecule has 0 radical (unpaired) electrons. The van der Waals surface area contributed by atoms with E-state index in [2.05, 4.69) is 22.2 Å². The maximum Gasteiger partial charge on any atom is 0.323 e. The number of alkyl halides is 2. The third-order valence-electron chi connectivity index (χ3n) is 5.45. The molecule has 0 spiro atoms. The summed E-state index contributed by atoms with van der Waals surface area (Å²) in [5.74, 6) is -3.52. The fraction of sp³-hybridized carbons (Fsp3) is 0.115. The maximum absolute atomic E-state index is 14.1. The van der Waals surface area contributed by atoms with Gasteiger partial charge in [-0.3, -0.25) is 0 Å². The summed E-state index contributed by atoms with van der Waals surface area (Å²) >= 11 is 0. The Labute approximate surface area is 193 Å². The van der Waals surface area contributed by atoms with Gasteiger partial charge in [-0.15, -0.1) is 6.58 Å². The van der Waals surface area contributed by atoms with Crippen molar-refractivity contribution in [3.8, 4) is 11.1 Å². The van der Waals surface area contributed by atoms with Crippen molar-refractivity contribution in [1.29, 1.82) is 0 Å². The van der Waals surface area contributed by atoms with Crippen molar-refractivity contribution in [2.75, 3.05) is 10.6 Å². The van der Waals surface area contributed by atoms with E-state index in [1.54, 1.807) is 12.3 Å². The molecule has 8 heteroatoms. The number of rotatable bonds is 7. The first-order valence-electron chi connectivity index (χ1n) is 10.5. The van der Waals surface area contributed by atoms with Crippen LogP contribution in [0, 0.1) is 5.82 Å². The van der Waals surface area contributed by atoms with Crippen molar-refractivity contribution >= 4 is 28.3 Å². The van der Waals surface area contributed by atoms with Crippen molar-refractivity contribution in [3.63, 3.8) is 0 Å². The number of allylic oxidation sites excluding steroid dienone is 1. The number of aromatic amines is 1. The molecule has 0 aliphatic rings. The minimum atomic E-state index is -3.02. The van der Waals surface area contributed by atoms with Crippen LogP contribution in [0.25, 0.3) is 22.0 Å². The van der Waals surface area contributed by atoms with Crippen LogP contribution in [0.2, 0.25) is 0 Å². The molecule has 4 N–H and O–H groups in total. The number of halogens is 3. The number of H-pyrrole nitrogens is 1. The van der Waals surface area contributed by atoms with E-state index < -0.39 is 24.2 Å². The molecule has 3 aromatic carbocycles. The number of anilines is 2. The van der Waals surface area contributed by atoms with Gasteiger partial charge in [-0.05, 0) is 41.5 Å². The molecular formula is C26H22F3N3O2. The number of carbonyl (C=O) groups is 1. The van der Waals surface area contributed by atoms with E-state index in [-0.39, 0.29) is 17.7 Å². The smallest absolute Gasteiger partial charge is 0.323 e. The first kappa shape index (κ1) is 23.1. The summed E-state index contributed by atoms with van der Waals surface area (Å²) < 4.78 is 42.0. The van der Waals surface area contributed by atoms with Gasteiger partial charge in [-0.2, -0.15) is 0 Å². The van der Waals surface area contributed by atoms with Gasteiger partial charge in [0.1, 0.15) is 5.82 Å². The van der Waals surface area contributed by atoms with E-state index in [0.29, 0.717) is 22.3 Å². The third kappa shape index (κ3) is 4.82. The largest absolute Gasteiger partial charge is 0.392 e. The molecule has 0 aliphatic heterocycles. The molecule has 0 bridgehead atoms. The minimum Gasteiger partial charge on any atom is -0.392 e. The number of fused-ring (bicyclic) bond motifs is 1. The summed E-state index contributed by atoms with van der Waals surface area (Å²) in [6.45, 7) is 2.96. The fourth-order valence-corrected chi connectivity index (χ4v) is 3.64. The fourth-order valence-electron chi connectivity index (χ4n) is 3.64. The monoisotopic (exact) mass is 465 g/mol. The number of aliphatic hydroxyl groups excluding tert-OH is 1. The van der Waals surface area contributed by atoms with E-state index >= 15 is 0 Å². The van der Waals surface area contributed by atoms with Crippen LogP contribution in [0.1, 0.15) is 17.5 Å². The van der Waals surface area contributed by atoms with Crippen LogP contribution < -0.4 is 10.6 Å². The van der Waals surface area contributed by atoms with E-state index in [1.807, 2.05) is 18.2 Å². The van der Waals surface area contributed by atoms with Gasteiger partial charge < -0.3 is 20.7 Å². The standard InChI is InChI=1S/C26H22F3N3O2/c1-2-11-26(28,29)19-6-8-20(9-7-19)31-25(34)32-24-14-30-23-10-5-16(12-21(23)24)17-3-4-18(15-33)22(27)13-17/h2-10,12-14,30,33H,1,11,15H2,(H2,31,32,34). The third-order valence-corrected chi connectivity index (χ3v) is 5.45. The highest BCUT2D eigenvalue weighted by atomic mass is 19.3. The Hall–Kier alpha value is -4.04. The van der Waals surface area contributed by atoms with Gasteiger partial charge >= 0.3 is 6.03 Å². The molecule has 174 valence electrons. The number of nitrogens with one attached hydrogen (secondary N) is 3. The molecule has 0 saturated heterocycles. The second-order valence-corrected chi connectivity index (χ2v) is 7.78. The lowest BCUT2D eigenvalue weighted by molar-refractivity contribution is -0.000832. The number of aliphatic hydroxyl groups is 1. The van der Waals surface area contributed by atoms with Crippen molar-refractivity contribution in [2.45, 2.75) is 19.0 Å². The van der Waals surface area contributed by atoms with Gasteiger partial charge in [-0.25, -0.2) is 18.0 Å². The van der Waals surface area contributed by atoms with Crippen LogP contribution in [0.5, 0.6) is 0 Å². The number of hydrogen-bond acceptors (Lipinski definition) is 2. The highest BCUT2D eigenvalue weighted by molar-refractivity contribution is 6.06. The summed E-state index contributed by atoms with van der Waals surface area (Å²) in [5.41, 5.74) is 3.03. The van der Waals surface area contributed by atoms with Crippen LogP contribution in [0.4, 0.5) is 29.3 Å². The molecule has 4 rings (SSSR count). The predicted octanol–water partition coefficient (Wildman–Crippen LogP) is 6.78. The lowest BCUT2D eigenvalue weighted by Crippen LogP contribution is -2.19. The molecule has 0 unspecified atom stereocenters. The molecule has 0 saturated carbocycles. The Bertz CT molecular complexity index is 1350. The number of carbonyl (C=O) groups excluding carboxylic acids is 1. The zero-order valence-electron chi connectivity index (χ0n) is 18.0. The zero-order chi connectivity index (χ0) is 24.3. The Morgan fingerprint density at radius 1 is 1.03 bits per heavy atom. The molecule has 4 aromatic rings. The molecule has 0 fully saturated rings. The molecule has 5 nitrogen and oxygen atoms in total. The van der Waals surface area contributed by atoms with Gasteiger partial charge in [0, 0.05) is 40.3 Å². The SMILES string of the molecule is C=CCC(F)(F)c1ccc(NC(=O)Nc2c[nH]c3ccc(-c4ccc(CO)c(F)c4)cc23)cc1. The molecule has 2 amide bonds. The Morgan fingerprint density at radius 3 is 2.41 bits per heavy atom. The first-order chi connectivity index (χ1) is 16.3. The van der Waals surface area contributed by atoms with Crippen LogP contribution >= 0.6 is 0 Å². The van der Waals surface area contributed by atoms with Crippen LogP contribution in [0.3, 0.4) is 0 Å². The van der Waals surface area contributed by atoms with Crippen molar-refractivity contribution < 1.29 is 23.1 Å². The van der Waals surface area contributed by atoms with Crippen molar-refractivity contribution in [1.82, 2.24) is 4.98 Å². The van der Waals surface area contributed by atoms with Crippen molar-refractivity contribution in [3.05, 3.63) is 96.5 Å². The maximum atomic E-state index is 14.1.